The van der Waals surface area contributed by atoms with E-state index in [0.717, 1.165) is 0 Å². The van der Waals surface area contributed by atoms with Crippen molar-refractivity contribution >= 4 is 23.2 Å². The Kier molecular flexibility index (Phi) is 7.80. The topological polar surface area (TPSA) is 12.5 Å². The lowest BCUT2D eigenvalue weighted by Gasteiger charge is -2.45. The summed E-state index contributed by atoms with van der Waals surface area (Å²) < 4.78 is 101. The van der Waals surface area contributed by atoms with Gasteiger partial charge in [0.2, 0.25) is 0 Å². The highest BCUT2D eigenvalue weighted by molar-refractivity contribution is 6.33. The van der Waals surface area contributed by atoms with Crippen molar-refractivity contribution in [3.8, 4) is 0 Å². The van der Waals surface area contributed by atoms with Crippen LogP contribution < -0.4 is 0 Å². The molecule has 2 atom stereocenters. The molecule has 0 fully saturated rings. The molecule has 0 aromatic heterocycles. The van der Waals surface area contributed by atoms with Crippen LogP contribution in [0.3, 0.4) is 0 Å². The molecule has 0 aliphatic carbocycles. The van der Waals surface area contributed by atoms with Crippen molar-refractivity contribution in [1.82, 2.24) is 4.90 Å². The van der Waals surface area contributed by atoms with Crippen LogP contribution in [0.15, 0.2) is 0 Å². The quantitative estimate of drug-likeness (QED) is 0.318. The average molecular weight is 438 g/mol. The second kappa shape index (κ2) is 7.79. The van der Waals surface area contributed by atoms with Crippen molar-refractivity contribution < 1.29 is 35.5 Å². The molecule has 0 radical (unpaired) electrons. The Morgan fingerprint density at radius 2 is 1.23 bits per heavy atom. The molecule has 0 rings (SSSR count). The molecule has 26 heavy (non-hydrogen) atoms. The average Bonchev–Trinajstić information content (AvgIpc) is 2.41. The molecule has 0 bridgehead atoms. The van der Waals surface area contributed by atoms with Crippen LogP contribution in [-0.2, 0) is 4.74 Å². The molecular formula is C15H24Cl2F7NO. The lowest BCUT2D eigenvalue weighted by molar-refractivity contribution is -0.335. The number of rotatable bonds is 10. The molecule has 2 nitrogen and oxygen atoms in total. The Bertz CT molecular complexity index is 481. The van der Waals surface area contributed by atoms with Crippen LogP contribution >= 0.6 is 23.2 Å². The number of halogens is 9. The minimum absolute atomic E-state index is 0.0416. The van der Waals surface area contributed by atoms with Gasteiger partial charge in [-0.15, -0.1) is 0 Å². The Morgan fingerprint density at radius 1 is 0.808 bits per heavy atom. The van der Waals surface area contributed by atoms with Crippen LogP contribution in [0.1, 0.15) is 33.6 Å². The maximum Gasteiger partial charge on any atom is 0.375 e. The number of nitrogens with zero attached hydrogens (tertiary/aromatic N) is 1. The molecule has 158 valence electrons. The second-order valence-electron chi connectivity index (χ2n) is 7.56. The number of methoxy groups -OCH3 is 1. The number of alkyl halides is 9. The summed E-state index contributed by atoms with van der Waals surface area (Å²) in [5.74, 6) is -11.4. The molecule has 0 aromatic rings. The van der Waals surface area contributed by atoms with E-state index in [-0.39, 0.29) is 6.42 Å². The SMILES string of the molecule is COC(C)(CCC(C)(C)CN(C)C)C(F)(F)C(F)(F)C(F)(Cl)C(F)(F)Cl. The van der Waals surface area contributed by atoms with Gasteiger partial charge in [0.1, 0.15) is 5.60 Å². The van der Waals surface area contributed by atoms with Gasteiger partial charge in [-0.1, -0.05) is 25.4 Å². The summed E-state index contributed by atoms with van der Waals surface area (Å²) in [6.07, 6.45) is -0.714. The fourth-order valence-electron chi connectivity index (χ4n) is 2.61. The Labute approximate surface area is 158 Å². The predicted octanol–water partition coefficient (Wildman–Crippen LogP) is 5.77. The van der Waals surface area contributed by atoms with Crippen LogP contribution in [0.25, 0.3) is 0 Å². The van der Waals surface area contributed by atoms with Crippen LogP contribution in [0.5, 0.6) is 0 Å². The number of hydrogen-bond donors (Lipinski definition) is 0. The molecule has 0 saturated heterocycles. The molecule has 0 saturated carbocycles. The highest BCUT2D eigenvalue weighted by Crippen LogP contribution is 2.59. The van der Waals surface area contributed by atoms with Crippen LogP contribution in [0, 0.1) is 5.41 Å². The zero-order valence-electron chi connectivity index (χ0n) is 15.4. The van der Waals surface area contributed by atoms with Crippen LogP contribution in [0.2, 0.25) is 0 Å². The van der Waals surface area contributed by atoms with Gasteiger partial charge in [0.15, 0.2) is 0 Å². The third-order valence-electron chi connectivity index (χ3n) is 4.28. The number of ether oxygens (including phenoxy) is 1. The summed E-state index contributed by atoms with van der Waals surface area (Å²) in [4.78, 5) is 1.76. The van der Waals surface area contributed by atoms with E-state index in [2.05, 4.69) is 27.9 Å². The van der Waals surface area contributed by atoms with Crippen molar-refractivity contribution in [2.45, 2.75) is 61.6 Å². The molecular weight excluding hydrogens is 414 g/mol. The number of hydrogen-bond acceptors (Lipinski definition) is 2. The van der Waals surface area contributed by atoms with Crippen LogP contribution in [-0.4, -0.2) is 60.6 Å². The van der Waals surface area contributed by atoms with Crippen molar-refractivity contribution in [1.29, 1.82) is 0 Å². The monoisotopic (exact) mass is 437 g/mol. The van der Waals surface area contributed by atoms with E-state index in [0.29, 0.717) is 20.6 Å². The second-order valence-corrected chi connectivity index (χ2v) is 8.55. The summed E-state index contributed by atoms with van der Waals surface area (Å²) in [6.45, 7) is 4.42. The Hall–Kier alpha value is 0.01000. The van der Waals surface area contributed by atoms with Gasteiger partial charge >= 0.3 is 22.4 Å². The predicted molar refractivity (Wildman–Crippen MR) is 87.4 cm³/mol. The summed E-state index contributed by atoms with van der Waals surface area (Å²) >= 11 is 8.69. The first-order chi connectivity index (χ1) is 11.2. The molecule has 0 spiro atoms. The Morgan fingerprint density at radius 3 is 1.54 bits per heavy atom. The summed E-state index contributed by atoms with van der Waals surface area (Å²) in [6, 6.07) is 0. The van der Waals surface area contributed by atoms with E-state index in [4.69, 9.17) is 0 Å². The van der Waals surface area contributed by atoms with E-state index < -0.39 is 39.8 Å². The normalized spacial score (nSPS) is 19.4. The van der Waals surface area contributed by atoms with Gasteiger partial charge in [0.25, 0.3) is 0 Å². The van der Waals surface area contributed by atoms with E-state index >= 15 is 0 Å². The fraction of sp³-hybridized carbons (Fsp3) is 1.00. The van der Waals surface area contributed by atoms with Gasteiger partial charge in [-0.2, -0.15) is 26.3 Å². The molecule has 0 N–H and O–H groups in total. The minimum Gasteiger partial charge on any atom is -0.372 e. The molecule has 0 amide bonds. The van der Waals surface area contributed by atoms with Gasteiger partial charge in [-0.3, -0.25) is 0 Å². The minimum atomic E-state index is -6.02. The van der Waals surface area contributed by atoms with E-state index in [9.17, 15) is 30.7 Å². The lowest BCUT2D eigenvalue weighted by atomic mass is 9.79. The van der Waals surface area contributed by atoms with Crippen LogP contribution in [0.4, 0.5) is 30.7 Å². The molecule has 0 aliphatic heterocycles. The van der Waals surface area contributed by atoms with Gasteiger partial charge in [0, 0.05) is 13.7 Å². The zero-order valence-corrected chi connectivity index (χ0v) is 16.9. The third-order valence-corrected chi connectivity index (χ3v) is 5.11. The van der Waals surface area contributed by atoms with Crippen molar-refractivity contribution in [3.63, 3.8) is 0 Å². The van der Waals surface area contributed by atoms with E-state index in [1.165, 1.54) is 0 Å². The van der Waals surface area contributed by atoms with Gasteiger partial charge in [-0.05, 0) is 50.9 Å². The first kappa shape index (κ1) is 26.0. The zero-order chi connectivity index (χ0) is 21.4. The largest absolute Gasteiger partial charge is 0.375 e. The molecule has 0 aromatic carbocycles. The molecule has 0 heterocycles. The third kappa shape index (κ3) is 4.89. The first-order valence-electron chi connectivity index (χ1n) is 7.58. The first-order valence-corrected chi connectivity index (χ1v) is 8.34. The smallest absolute Gasteiger partial charge is 0.372 e. The standard InChI is InChI=1S/C15H24Cl2F7NO/c1-10(2,9-25(4)5)7-8-11(3,26-6)13(19,20)14(21,22)12(16,18)15(17,23)24/h7-9H2,1-6H3. The van der Waals surface area contributed by atoms with Crippen molar-refractivity contribution in [2.24, 2.45) is 5.41 Å². The summed E-state index contributed by atoms with van der Waals surface area (Å²) in [5, 5.41) is -11.0. The maximum absolute atomic E-state index is 14.5. The fourth-order valence-corrected chi connectivity index (χ4v) is 2.84. The lowest BCUT2D eigenvalue weighted by Crippen LogP contribution is -2.67. The molecule has 0 aliphatic rings. The summed E-state index contributed by atoms with van der Waals surface area (Å²) in [5.41, 5.74) is -3.58. The van der Waals surface area contributed by atoms with E-state index in [1.54, 1.807) is 32.8 Å². The summed E-state index contributed by atoms with van der Waals surface area (Å²) in [7, 11) is 4.16. The highest BCUT2D eigenvalue weighted by atomic mass is 35.5. The van der Waals surface area contributed by atoms with Gasteiger partial charge in [0.05, 0.1) is 0 Å². The van der Waals surface area contributed by atoms with Gasteiger partial charge in [-0.25, -0.2) is 4.39 Å². The Balaban J connectivity index is 5.81. The van der Waals surface area contributed by atoms with Crippen molar-refractivity contribution in [3.05, 3.63) is 0 Å². The van der Waals surface area contributed by atoms with Crippen molar-refractivity contribution in [2.75, 3.05) is 27.7 Å². The maximum atomic E-state index is 14.5. The molecule has 2 unspecified atom stereocenters. The van der Waals surface area contributed by atoms with Gasteiger partial charge < -0.3 is 9.64 Å². The molecule has 11 heteroatoms. The van der Waals surface area contributed by atoms with E-state index in [1.807, 2.05) is 0 Å². The highest BCUT2D eigenvalue weighted by Gasteiger charge is 2.82.